The summed E-state index contributed by atoms with van der Waals surface area (Å²) in [5, 5.41) is 2.33. The third kappa shape index (κ3) is 5.58. The Morgan fingerprint density at radius 1 is 0.575 bits per heavy atom. The molecule has 4 heterocycles. The molecule has 0 fully saturated rings. The van der Waals surface area contributed by atoms with Crippen molar-refractivity contribution in [2.45, 2.75) is 92.9 Å². The predicted octanol–water partition coefficient (Wildman–Crippen LogP) is 12.8. The summed E-state index contributed by atoms with van der Waals surface area (Å²) in [6.07, 6.45) is 1.48. The van der Waals surface area contributed by atoms with Crippen molar-refractivity contribution in [1.29, 1.82) is 0 Å². The Labute approximate surface area is 254 Å². The van der Waals surface area contributed by atoms with Crippen LogP contribution in [0.25, 0.3) is 41.1 Å². The normalized spacial score (nSPS) is 13.2. The van der Waals surface area contributed by atoms with E-state index in [1.165, 1.54) is 19.2 Å². The zero-order chi connectivity index (χ0) is 29.3. The summed E-state index contributed by atoms with van der Waals surface area (Å²) in [5.41, 5.74) is 2.21. The second-order valence-electron chi connectivity index (χ2n) is 13.9. The van der Waals surface area contributed by atoms with E-state index >= 15 is 8.78 Å². The van der Waals surface area contributed by atoms with Gasteiger partial charge in [-0.15, -0.1) is 45.3 Å². The van der Waals surface area contributed by atoms with Gasteiger partial charge < -0.3 is 0 Å². The van der Waals surface area contributed by atoms with Crippen LogP contribution in [0.4, 0.5) is 8.78 Å². The molecule has 0 radical (unpaired) electrons. The fraction of sp³-hybridized carbons (Fsp3) is 0.471. The molecule has 40 heavy (non-hydrogen) atoms. The largest absolute Gasteiger partial charge is 0.206 e. The minimum Gasteiger partial charge on any atom is -0.206 e. The first-order valence-corrected chi connectivity index (χ1v) is 17.4. The van der Waals surface area contributed by atoms with Gasteiger partial charge in [0.15, 0.2) is 0 Å². The minimum absolute atomic E-state index is 0.0325. The summed E-state index contributed by atoms with van der Waals surface area (Å²) in [7, 11) is 0. The van der Waals surface area contributed by atoms with E-state index in [2.05, 4.69) is 81.4 Å². The van der Waals surface area contributed by atoms with E-state index in [-0.39, 0.29) is 22.5 Å². The van der Waals surface area contributed by atoms with Crippen LogP contribution in [0.5, 0.6) is 0 Å². The van der Waals surface area contributed by atoms with Gasteiger partial charge in [0.25, 0.3) is 0 Å². The van der Waals surface area contributed by atoms with Crippen LogP contribution in [0.3, 0.4) is 0 Å². The van der Waals surface area contributed by atoms with Crippen molar-refractivity contribution in [1.82, 2.24) is 0 Å². The topological polar surface area (TPSA) is 0 Å². The third-order valence-corrected chi connectivity index (χ3v) is 12.6. The molecule has 1 aromatic carbocycles. The van der Waals surface area contributed by atoms with Gasteiger partial charge in [0.1, 0.15) is 11.6 Å². The highest BCUT2D eigenvalue weighted by atomic mass is 32.1. The van der Waals surface area contributed by atoms with Crippen LogP contribution in [0.15, 0.2) is 24.3 Å². The standard InChI is InChI=1S/C34H40F2S4/c1-17(2)11-23-21(35)15-25(37-23)29-19-13-27(33(5,6)7)40-32(19)30(20-14-28(34(8,9)10)39-31(20)29)26-16-22(36)24(38-26)12-18(3)4/h13-18H,11-12H2,1-10H3. The van der Waals surface area contributed by atoms with Crippen LogP contribution in [-0.4, -0.2) is 0 Å². The zero-order valence-electron chi connectivity index (χ0n) is 25.3. The summed E-state index contributed by atoms with van der Waals surface area (Å²) in [6.45, 7) is 22.0. The van der Waals surface area contributed by atoms with Crippen LogP contribution in [0.1, 0.15) is 88.7 Å². The average Bonchev–Trinajstić information content (AvgIpc) is 3.57. The second kappa shape index (κ2) is 10.6. The first-order chi connectivity index (χ1) is 18.5. The summed E-state index contributed by atoms with van der Waals surface area (Å²) < 4.78 is 33.0. The summed E-state index contributed by atoms with van der Waals surface area (Å²) in [4.78, 5) is 6.22. The van der Waals surface area contributed by atoms with E-state index < -0.39 is 0 Å². The molecule has 0 aliphatic heterocycles. The third-order valence-electron chi connectivity index (χ3n) is 7.13. The van der Waals surface area contributed by atoms with Crippen molar-refractivity contribution in [3.63, 3.8) is 0 Å². The van der Waals surface area contributed by atoms with Crippen molar-refractivity contribution in [3.05, 3.63) is 55.4 Å². The molecule has 0 saturated carbocycles. The molecule has 5 rings (SSSR count). The van der Waals surface area contributed by atoms with Gasteiger partial charge in [0.05, 0.1) is 0 Å². The Morgan fingerprint density at radius 2 is 0.925 bits per heavy atom. The van der Waals surface area contributed by atoms with E-state index in [0.29, 0.717) is 11.8 Å². The Morgan fingerprint density at radius 3 is 1.23 bits per heavy atom. The van der Waals surface area contributed by atoms with Crippen molar-refractivity contribution in [2.24, 2.45) is 11.8 Å². The highest BCUT2D eigenvalue weighted by Gasteiger charge is 2.29. The second-order valence-corrected chi connectivity index (χ2v) is 18.3. The van der Waals surface area contributed by atoms with E-state index in [1.807, 2.05) is 22.7 Å². The van der Waals surface area contributed by atoms with E-state index in [1.54, 1.807) is 34.8 Å². The molecule has 0 nitrogen and oxygen atoms in total. The number of benzene rings is 1. The molecule has 0 aliphatic carbocycles. The molecule has 4 aromatic heterocycles. The van der Waals surface area contributed by atoms with Crippen LogP contribution in [-0.2, 0) is 23.7 Å². The summed E-state index contributed by atoms with van der Waals surface area (Å²) in [5.74, 6) is 0.577. The maximum Gasteiger partial charge on any atom is 0.137 e. The minimum atomic E-state index is -0.100. The lowest BCUT2D eigenvalue weighted by atomic mass is 9.92. The van der Waals surface area contributed by atoms with Crippen LogP contribution in [0.2, 0.25) is 0 Å². The van der Waals surface area contributed by atoms with Crippen molar-refractivity contribution < 1.29 is 8.78 Å². The molecule has 0 amide bonds. The highest BCUT2D eigenvalue weighted by molar-refractivity contribution is 7.24. The fourth-order valence-electron chi connectivity index (χ4n) is 5.08. The lowest BCUT2D eigenvalue weighted by molar-refractivity contribution is 0.585. The zero-order valence-corrected chi connectivity index (χ0v) is 28.5. The van der Waals surface area contributed by atoms with Crippen molar-refractivity contribution in [2.75, 3.05) is 0 Å². The first kappa shape index (κ1) is 29.9. The van der Waals surface area contributed by atoms with E-state index in [4.69, 9.17) is 0 Å². The van der Waals surface area contributed by atoms with Crippen LogP contribution >= 0.6 is 45.3 Å². The van der Waals surface area contributed by atoms with Gasteiger partial charge in [-0.1, -0.05) is 69.2 Å². The monoisotopic (exact) mass is 614 g/mol. The van der Waals surface area contributed by atoms with Crippen LogP contribution < -0.4 is 0 Å². The quantitative estimate of drug-likeness (QED) is 0.178. The molecule has 0 spiro atoms. The predicted molar refractivity (Wildman–Crippen MR) is 178 cm³/mol. The Balaban J connectivity index is 1.92. The van der Waals surface area contributed by atoms with E-state index in [0.717, 1.165) is 54.2 Å². The van der Waals surface area contributed by atoms with Gasteiger partial charge in [-0.25, -0.2) is 8.78 Å². The summed E-state index contributed by atoms with van der Waals surface area (Å²) in [6, 6.07) is 8.17. The molecule has 214 valence electrons. The number of rotatable bonds is 6. The molecule has 0 saturated heterocycles. The van der Waals surface area contributed by atoms with E-state index in [9.17, 15) is 0 Å². The Bertz CT molecular complexity index is 1510. The number of halogens is 2. The molecule has 0 unspecified atom stereocenters. The van der Waals surface area contributed by atoms with Gasteiger partial charge in [0, 0.05) is 60.6 Å². The SMILES string of the molecule is CC(C)Cc1sc(-c2c3cc(C(C)(C)C)sc3c(-c3cc(F)c(CC(C)C)s3)c3cc(C(C)(C)C)sc23)cc1F. The average molecular weight is 615 g/mol. The number of hydrogen-bond acceptors (Lipinski definition) is 4. The van der Waals surface area contributed by atoms with Crippen molar-refractivity contribution in [3.8, 4) is 20.9 Å². The number of fused-ring (bicyclic) bond motifs is 2. The van der Waals surface area contributed by atoms with Gasteiger partial charge >= 0.3 is 0 Å². The molecular weight excluding hydrogens is 575 g/mol. The molecule has 5 aromatic rings. The van der Waals surface area contributed by atoms with Crippen LogP contribution in [0, 0.1) is 23.5 Å². The molecule has 0 N–H and O–H groups in total. The number of hydrogen-bond donors (Lipinski definition) is 0. The van der Waals surface area contributed by atoms with Gasteiger partial charge in [0.2, 0.25) is 0 Å². The molecule has 0 bridgehead atoms. The van der Waals surface area contributed by atoms with Gasteiger partial charge in [-0.2, -0.15) is 0 Å². The highest BCUT2D eigenvalue weighted by Crippen LogP contribution is 2.54. The van der Waals surface area contributed by atoms with Crippen molar-refractivity contribution >= 4 is 65.5 Å². The fourth-order valence-corrected chi connectivity index (χ4v) is 10.4. The molecule has 0 aliphatic rings. The smallest absolute Gasteiger partial charge is 0.137 e. The van der Waals surface area contributed by atoms with Gasteiger partial charge in [-0.3, -0.25) is 0 Å². The summed E-state index contributed by atoms with van der Waals surface area (Å²) >= 11 is 6.83. The molecular formula is C34H40F2S4. The maximum atomic E-state index is 15.3. The maximum absolute atomic E-state index is 15.3. The number of thiophene rings is 4. The van der Waals surface area contributed by atoms with Gasteiger partial charge in [-0.05, 0) is 59.8 Å². The first-order valence-electron chi connectivity index (χ1n) is 14.2. The Hall–Kier alpha value is -1.60. The lowest BCUT2D eigenvalue weighted by Crippen LogP contribution is -2.07. The molecule has 6 heteroatoms. The Kier molecular flexibility index (Phi) is 7.91. The lowest BCUT2D eigenvalue weighted by Gasteiger charge is -2.15. The molecule has 0 atom stereocenters.